The fourth-order valence-corrected chi connectivity index (χ4v) is 3.92. The number of nitrogens with one attached hydrogen (secondary N) is 2. The number of carbonyl (C=O) groups excluding carboxylic acids is 1. The van der Waals surface area contributed by atoms with Gasteiger partial charge in [0.15, 0.2) is 5.13 Å². The zero-order chi connectivity index (χ0) is 20.0. The van der Waals surface area contributed by atoms with Crippen LogP contribution in [0.3, 0.4) is 0 Å². The Labute approximate surface area is 165 Å². The number of alkyl halides is 3. The van der Waals surface area contributed by atoms with Gasteiger partial charge < -0.3 is 15.4 Å². The van der Waals surface area contributed by atoms with E-state index in [1.807, 2.05) is 0 Å². The molecule has 0 radical (unpaired) electrons. The zero-order valence-electron chi connectivity index (χ0n) is 15.2. The van der Waals surface area contributed by atoms with Crippen LogP contribution in [-0.4, -0.2) is 23.8 Å². The van der Waals surface area contributed by atoms with E-state index in [0.29, 0.717) is 22.4 Å². The van der Waals surface area contributed by atoms with Crippen molar-refractivity contribution in [2.75, 3.05) is 11.9 Å². The second kappa shape index (κ2) is 9.27. The fourth-order valence-electron chi connectivity index (χ4n) is 3.19. The first kappa shape index (κ1) is 20.4. The van der Waals surface area contributed by atoms with Crippen molar-refractivity contribution in [2.24, 2.45) is 5.92 Å². The maximum Gasteiger partial charge on any atom is 0.573 e. The van der Waals surface area contributed by atoms with Crippen LogP contribution in [0, 0.1) is 5.92 Å². The number of amides is 1. The number of aromatic nitrogens is 1. The van der Waals surface area contributed by atoms with Crippen LogP contribution in [0.25, 0.3) is 0 Å². The van der Waals surface area contributed by atoms with Crippen molar-refractivity contribution in [1.29, 1.82) is 0 Å². The first-order valence-electron chi connectivity index (χ1n) is 9.21. The molecule has 0 unspecified atom stereocenters. The number of anilines is 2. The third-order valence-electron chi connectivity index (χ3n) is 4.55. The number of hydrogen-bond donors (Lipinski definition) is 2. The molecule has 1 aliphatic carbocycles. The van der Waals surface area contributed by atoms with Crippen molar-refractivity contribution in [3.05, 3.63) is 35.3 Å². The van der Waals surface area contributed by atoms with Crippen molar-refractivity contribution in [1.82, 2.24) is 10.3 Å². The maximum absolute atomic E-state index is 12.2. The molecular formula is C19H22F3N3O2S. The predicted octanol–water partition coefficient (Wildman–Crippen LogP) is 5.02. The van der Waals surface area contributed by atoms with Gasteiger partial charge in [-0.2, -0.15) is 0 Å². The third kappa shape index (κ3) is 6.70. The molecule has 2 aromatic rings. The molecule has 0 saturated heterocycles. The lowest BCUT2D eigenvalue weighted by Gasteiger charge is -2.21. The highest BCUT2D eigenvalue weighted by molar-refractivity contribution is 7.13. The average Bonchev–Trinajstić information content (AvgIpc) is 3.08. The van der Waals surface area contributed by atoms with E-state index >= 15 is 0 Å². The Morgan fingerprint density at radius 1 is 1.18 bits per heavy atom. The topological polar surface area (TPSA) is 63.2 Å². The quantitative estimate of drug-likeness (QED) is 0.669. The number of carbonyl (C=O) groups is 1. The van der Waals surface area contributed by atoms with Gasteiger partial charge in [0.2, 0.25) is 5.91 Å². The Morgan fingerprint density at radius 3 is 2.57 bits per heavy atom. The van der Waals surface area contributed by atoms with Crippen molar-refractivity contribution < 1.29 is 22.7 Å². The molecule has 1 aliphatic rings. The highest BCUT2D eigenvalue weighted by Gasteiger charge is 2.30. The highest BCUT2D eigenvalue weighted by Crippen LogP contribution is 2.26. The fraction of sp³-hybridized carbons (Fsp3) is 0.474. The van der Waals surface area contributed by atoms with Gasteiger partial charge in [0.1, 0.15) is 5.75 Å². The Kier molecular flexibility index (Phi) is 6.77. The Morgan fingerprint density at radius 2 is 1.89 bits per heavy atom. The summed E-state index contributed by atoms with van der Waals surface area (Å²) in [6, 6.07) is 5.39. The lowest BCUT2D eigenvalue weighted by Crippen LogP contribution is -2.31. The van der Waals surface area contributed by atoms with Crippen molar-refractivity contribution in [3.63, 3.8) is 0 Å². The van der Waals surface area contributed by atoms with Gasteiger partial charge in [0.25, 0.3) is 0 Å². The van der Waals surface area contributed by atoms with Crippen LogP contribution in [0.15, 0.2) is 29.6 Å². The van der Waals surface area contributed by atoms with Crippen LogP contribution >= 0.6 is 11.3 Å². The van der Waals surface area contributed by atoms with E-state index in [4.69, 9.17) is 0 Å². The summed E-state index contributed by atoms with van der Waals surface area (Å²) in [4.78, 5) is 16.5. The Bertz CT molecular complexity index is 771. The van der Waals surface area contributed by atoms with Gasteiger partial charge in [0, 0.05) is 17.6 Å². The number of benzene rings is 1. The van der Waals surface area contributed by atoms with Gasteiger partial charge in [-0.3, -0.25) is 4.79 Å². The van der Waals surface area contributed by atoms with Crippen LogP contribution < -0.4 is 15.4 Å². The van der Waals surface area contributed by atoms with E-state index in [1.54, 1.807) is 5.38 Å². The van der Waals surface area contributed by atoms with Crippen molar-refractivity contribution in [3.8, 4) is 5.75 Å². The van der Waals surface area contributed by atoms with Gasteiger partial charge in [0.05, 0.1) is 12.1 Å². The smallest absolute Gasteiger partial charge is 0.406 e. The summed E-state index contributed by atoms with van der Waals surface area (Å²) in [5.41, 5.74) is 1.24. The molecule has 1 aromatic heterocycles. The molecule has 1 fully saturated rings. The number of halogens is 3. The Balaban J connectivity index is 1.46. The molecule has 1 saturated carbocycles. The van der Waals surface area contributed by atoms with E-state index in [9.17, 15) is 18.0 Å². The van der Waals surface area contributed by atoms with E-state index in [1.165, 1.54) is 67.7 Å². The monoisotopic (exact) mass is 413 g/mol. The van der Waals surface area contributed by atoms with Gasteiger partial charge >= 0.3 is 6.36 Å². The molecule has 1 aromatic carbocycles. The molecule has 0 spiro atoms. The summed E-state index contributed by atoms with van der Waals surface area (Å²) in [7, 11) is 0. The molecule has 0 aliphatic heterocycles. The molecular weight excluding hydrogens is 391 g/mol. The Hall–Kier alpha value is -2.29. The molecule has 28 heavy (non-hydrogen) atoms. The summed E-state index contributed by atoms with van der Waals surface area (Å²) in [5.74, 6) is 0.248. The van der Waals surface area contributed by atoms with Crippen LogP contribution in [-0.2, 0) is 11.2 Å². The summed E-state index contributed by atoms with van der Waals surface area (Å²) in [6.45, 7) is 0.723. The van der Waals surface area contributed by atoms with E-state index in [0.717, 1.165) is 6.54 Å². The van der Waals surface area contributed by atoms with Gasteiger partial charge in [-0.1, -0.05) is 19.3 Å². The SMILES string of the molecule is O=C(Cc1csc(Nc2ccc(OC(F)(F)F)cc2)n1)NCC1CCCCC1. The minimum absolute atomic E-state index is 0.0453. The maximum atomic E-state index is 12.2. The second-order valence-electron chi connectivity index (χ2n) is 6.83. The molecule has 5 nitrogen and oxygen atoms in total. The lowest BCUT2D eigenvalue weighted by atomic mass is 9.89. The molecule has 0 atom stereocenters. The van der Waals surface area contributed by atoms with Gasteiger partial charge in [-0.05, 0) is 43.0 Å². The average molecular weight is 413 g/mol. The standard InChI is InChI=1S/C19H22F3N3O2S/c20-19(21,22)27-16-8-6-14(7-9-16)24-18-25-15(12-28-18)10-17(26)23-11-13-4-2-1-3-5-13/h6-9,12-13H,1-5,10-11H2,(H,23,26)(H,24,25). The molecule has 1 heterocycles. The van der Waals surface area contributed by atoms with Crippen LogP contribution in [0.5, 0.6) is 5.75 Å². The summed E-state index contributed by atoms with van der Waals surface area (Å²) >= 11 is 1.33. The van der Waals surface area contributed by atoms with E-state index < -0.39 is 6.36 Å². The normalized spacial score (nSPS) is 15.2. The minimum Gasteiger partial charge on any atom is -0.406 e. The predicted molar refractivity (Wildman–Crippen MR) is 102 cm³/mol. The lowest BCUT2D eigenvalue weighted by molar-refractivity contribution is -0.274. The van der Waals surface area contributed by atoms with Crippen molar-refractivity contribution >= 4 is 28.1 Å². The number of hydrogen-bond acceptors (Lipinski definition) is 5. The molecule has 3 rings (SSSR count). The van der Waals surface area contributed by atoms with Crippen molar-refractivity contribution in [2.45, 2.75) is 44.9 Å². The van der Waals surface area contributed by atoms with Crippen LogP contribution in [0.4, 0.5) is 24.0 Å². The first-order chi connectivity index (χ1) is 13.4. The van der Waals surface area contributed by atoms with Crippen LogP contribution in [0.1, 0.15) is 37.8 Å². The number of nitrogens with zero attached hydrogens (tertiary/aromatic N) is 1. The zero-order valence-corrected chi connectivity index (χ0v) is 16.0. The summed E-state index contributed by atoms with van der Waals surface area (Å²) in [5, 5.41) is 8.36. The number of thiazole rings is 1. The van der Waals surface area contributed by atoms with E-state index in [-0.39, 0.29) is 18.1 Å². The minimum atomic E-state index is -4.71. The molecule has 152 valence electrons. The summed E-state index contributed by atoms with van der Waals surface area (Å²) < 4.78 is 40.4. The van der Waals surface area contributed by atoms with Gasteiger partial charge in [-0.25, -0.2) is 4.98 Å². The third-order valence-corrected chi connectivity index (χ3v) is 5.35. The highest BCUT2D eigenvalue weighted by atomic mass is 32.1. The van der Waals surface area contributed by atoms with E-state index in [2.05, 4.69) is 20.4 Å². The van der Waals surface area contributed by atoms with Crippen LogP contribution in [0.2, 0.25) is 0 Å². The number of ether oxygens (including phenoxy) is 1. The molecule has 1 amide bonds. The second-order valence-corrected chi connectivity index (χ2v) is 7.68. The molecule has 2 N–H and O–H groups in total. The largest absolute Gasteiger partial charge is 0.573 e. The first-order valence-corrected chi connectivity index (χ1v) is 10.1. The summed E-state index contributed by atoms with van der Waals surface area (Å²) in [6.07, 6.45) is 1.63. The molecule has 0 bridgehead atoms. The van der Waals surface area contributed by atoms with Gasteiger partial charge in [-0.15, -0.1) is 24.5 Å². The molecule has 9 heteroatoms. The number of rotatable bonds is 7.